The first kappa shape index (κ1) is 16.1. The molecule has 0 N–H and O–H groups in total. The average molecular weight is 325 g/mol. The SMILES string of the molecule is COCCn1ncc(Cl)c1C(=O)CSc1cccc(C)c1. The van der Waals surface area contributed by atoms with Crippen molar-refractivity contribution in [1.82, 2.24) is 9.78 Å². The van der Waals surface area contributed by atoms with Gasteiger partial charge in [-0.3, -0.25) is 9.48 Å². The predicted octanol–water partition coefficient (Wildman–Crippen LogP) is 3.47. The monoisotopic (exact) mass is 324 g/mol. The van der Waals surface area contributed by atoms with Gasteiger partial charge in [-0.15, -0.1) is 11.8 Å². The zero-order chi connectivity index (χ0) is 15.2. The molecule has 2 aromatic rings. The van der Waals surface area contributed by atoms with E-state index >= 15 is 0 Å². The van der Waals surface area contributed by atoms with E-state index < -0.39 is 0 Å². The third-order valence-corrected chi connectivity index (χ3v) is 4.20. The Morgan fingerprint density at radius 2 is 2.29 bits per heavy atom. The van der Waals surface area contributed by atoms with Crippen molar-refractivity contribution < 1.29 is 9.53 Å². The van der Waals surface area contributed by atoms with Crippen LogP contribution < -0.4 is 0 Å². The van der Waals surface area contributed by atoms with E-state index in [0.717, 1.165) is 4.90 Å². The molecule has 0 radical (unpaired) electrons. The number of halogens is 1. The van der Waals surface area contributed by atoms with Gasteiger partial charge in [0.1, 0.15) is 5.69 Å². The maximum absolute atomic E-state index is 12.4. The van der Waals surface area contributed by atoms with Gasteiger partial charge in [-0.05, 0) is 19.1 Å². The average Bonchev–Trinajstić information content (AvgIpc) is 2.83. The Balaban J connectivity index is 2.04. The fourth-order valence-electron chi connectivity index (χ4n) is 1.91. The molecule has 0 fully saturated rings. The first-order valence-corrected chi connectivity index (χ1v) is 7.91. The first-order valence-electron chi connectivity index (χ1n) is 6.54. The van der Waals surface area contributed by atoms with Gasteiger partial charge in [-0.1, -0.05) is 29.3 Å². The second kappa shape index (κ2) is 7.64. The minimum Gasteiger partial charge on any atom is -0.383 e. The number of ether oxygens (including phenoxy) is 1. The number of Topliss-reactive ketones (excluding diaryl/α,β-unsaturated/α-hetero) is 1. The van der Waals surface area contributed by atoms with Crippen molar-refractivity contribution in [2.45, 2.75) is 18.4 Å². The Labute approximate surface area is 133 Å². The minimum absolute atomic E-state index is 0.0277. The van der Waals surface area contributed by atoms with E-state index in [0.29, 0.717) is 29.6 Å². The van der Waals surface area contributed by atoms with Crippen LogP contribution in [-0.2, 0) is 11.3 Å². The van der Waals surface area contributed by atoms with Gasteiger partial charge >= 0.3 is 0 Å². The van der Waals surface area contributed by atoms with E-state index in [9.17, 15) is 4.79 Å². The summed E-state index contributed by atoms with van der Waals surface area (Å²) in [5, 5.41) is 4.51. The van der Waals surface area contributed by atoms with Gasteiger partial charge in [0.2, 0.25) is 0 Å². The van der Waals surface area contributed by atoms with Crippen molar-refractivity contribution in [3.63, 3.8) is 0 Å². The van der Waals surface area contributed by atoms with Crippen molar-refractivity contribution in [3.05, 3.63) is 46.7 Å². The molecule has 0 aliphatic carbocycles. The van der Waals surface area contributed by atoms with Crippen LogP contribution in [0.4, 0.5) is 0 Å². The number of thioether (sulfide) groups is 1. The van der Waals surface area contributed by atoms with Gasteiger partial charge in [0.25, 0.3) is 0 Å². The van der Waals surface area contributed by atoms with Crippen LogP contribution in [0.3, 0.4) is 0 Å². The zero-order valence-electron chi connectivity index (χ0n) is 12.0. The molecule has 1 aromatic carbocycles. The number of aryl methyl sites for hydroxylation is 1. The highest BCUT2D eigenvalue weighted by atomic mass is 35.5. The van der Waals surface area contributed by atoms with Gasteiger partial charge in [0.15, 0.2) is 5.78 Å². The van der Waals surface area contributed by atoms with E-state index in [1.54, 1.807) is 11.8 Å². The summed E-state index contributed by atoms with van der Waals surface area (Å²) in [4.78, 5) is 13.4. The summed E-state index contributed by atoms with van der Waals surface area (Å²) in [6.07, 6.45) is 1.50. The third-order valence-electron chi connectivity index (χ3n) is 2.93. The molecule has 0 atom stereocenters. The standard InChI is InChI=1S/C15H17ClN2O2S/c1-11-4-3-5-12(8-11)21-10-14(19)15-13(16)9-17-18(15)6-7-20-2/h3-5,8-9H,6-7,10H2,1-2H3. The third kappa shape index (κ3) is 4.33. The molecule has 0 aliphatic rings. The Bertz CT molecular complexity index is 628. The lowest BCUT2D eigenvalue weighted by molar-refractivity contribution is 0.100. The van der Waals surface area contributed by atoms with E-state index in [2.05, 4.69) is 11.2 Å². The molecule has 4 nitrogen and oxygen atoms in total. The summed E-state index contributed by atoms with van der Waals surface area (Å²) >= 11 is 7.57. The zero-order valence-corrected chi connectivity index (χ0v) is 13.6. The summed E-state index contributed by atoms with van der Waals surface area (Å²) in [6, 6.07) is 8.07. The van der Waals surface area contributed by atoms with Crippen molar-refractivity contribution in [3.8, 4) is 0 Å². The Kier molecular flexibility index (Phi) is 5.85. The molecule has 0 saturated heterocycles. The molecule has 0 saturated carbocycles. The van der Waals surface area contributed by atoms with E-state index in [-0.39, 0.29) is 5.78 Å². The van der Waals surface area contributed by atoms with Crippen LogP contribution in [0.5, 0.6) is 0 Å². The number of benzene rings is 1. The number of hydrogen-bond donors (Lipinski definition) is 0. The van der Waals surface area contributed by atoms with Gasteiger partial charge in [0.05, 0.1) is 30.1 Å². The molecule has 1 heterocycles. The minimum atomic E-state index is -0.0277. The highest BCUT2D eigenvalue weighted by Gasteiger charge is 2.17. The molecule has 0 amide bonds. The molecular formula is C15H17ClN2O2S. The number of ketones is 1. The largest absolute Gasteiger partial charge is 0.383 e. The van der Waals surface area contributed by atoms with Gasteiger partial charge in [-0.2, -0.15) is 5.10 Å². The summed E-state index contributed by atoms with van der Waals surface area (Å²) in [5.41, 5.74) is 1.63. The van der Waals surface area contributed by atoms with Crippen LogP contribution in [-0.4, -0.2) is 35.0 Å². The van der Waals surface area contributed by atoms with Crippen LogP contribution >= 0.6 is 23.4 Å². The summed E-state index contributed by atoms with van der Waals surface area (Å²) in [7, 11) is 1.61. The van der Waals surface area contributed by atoms with Gasteiger partial charge < -0.3 is 4.74 Å². The lowest BCUT2D eigenvalue weighted by Crippen LogP contribution is -2.15. The summed E-state index contributed by atoms with van der Waals surface area (Å²) in [6.45, 7) is 3.03. The molecule has 0 unspecified atom stereocenters. The second-order valence-electron chi connectivity index (χ2n) is 4.59. The maximum atomic E-state index is 12.4. The normalized spacial score (nSPS) is 10.8. The number of nitrogens with zero attached hydrogens (tertiary/aromatic N) is 2. The maximum Gasteiger partial charge on any atom is 0.192 e. The Morgan fingerprint density at radius 1 is 1.48 bits per heavy atom. The number of carbonyl (C=O) groups excluding carboxylic acids is 1. The van der Waals surface area contributed by atoms with Crippen molar-refractivity contribution in [2.75, 3.05) is 19.5 Å². The summed E-state index contributed by atoms with van der Waals surface area (Å²) < 4.78 is 6.61. The van der Waals surface area contributed by atoms with E-state index in [4.69, 9.17) is 16.3 Å². The molecular weight excluding hydrogens is 308 g/mol. The number of carbonyl (C=O) groups is 1. The topological polar surface area (TPSA) is 44.1 Å². The fraction of sp³-hybridized carbons (Fsp3) is 0.333. The highest BCUT2D eigenvalue weighted by Crippen LogP contribution is 2.23. The summed E-state index contributed by atoms with van der Waals surface area (Å²) in [5.74, 6) is 0.307. The smallest absolute Gasteiger partial charge is 0.192 e. The van der Waals surface area contributed by atoms with Crippen LogP contribution in [0.15, 0.2) is 35.4 Å². The molecule has 1 aromatic heterocycles. The highest BCUT2D eigenvalue weighted by molar-refractivity contribution is 8.00. The quantitative estimate of drug-likeness (QED) is 0.578. The van der Waals surface area contributed by atoms with Crippen molar-refractivity contribution in [2.24, 2.45) is 0 Å². The van der Waals surface area contributed by atoms with Crippen LogP contribution in [0, 0.1) is 6.92 Å². The molecule has 0 bridgehead atoms. The Morgan fingerprint density at radius 3 is 3.00 bits per heavy atom. The lowest BCUT2D eigenvalue weighted by atomic mass is 10.2. The van der Waals surface area contributed by atoms with Gasteiger partial charge in [-0.25, -0.2) is 0 Å². The number of methoxy groups -OCH3 is 1. The van der Waals surface area contributed by atoms with Gasteiger partial charge in [0, 0.05) is 12.0 Å². The molecule has 0 spiro atoms. The van der Waals surface area contributed by atoms with Crippen LogP contribution in [0.25, 0.3) is 0 Å². The number of hydrogen-bond acceptors (Lipinski definition) is 4. The Hall–Kier alpha value is -1.30. The number of aromatic nitrogens is 2. The van der Waals surface area contributed by atoms with Crippen molar-refractivity contribution >= 4 is 29.1 Å². The van der Waals surface area contributed by atoms with Crippen LogP contribution in [0.1, 0.15) is 16.1 Å². The number of rotatable bonds is 7. The van der Waals surface area contributed by atoms with Crippen LogP contribution in [0.2, 0.25) is 5.02 Å². The lowest BCUT2D eigenvalue weighted by Gasteiger charge is -2.07. The predicted molar refractivity (Wildman–Crippen MR) is 85.3 cm³/mol. The molecule has 21 heavy (non-hydrogen) atoms. The second-order valence-corrected chi connectivity index (χ2v) is 6.04. The molecule has 6 heteroatoms. The van der Waals surface area contributed by atoms with E-state index in [1.165, 1.54) is 23.5 Å². The fourth-order valence-corrected chi connectivity index (χ4v) is 3.03. The van der Waals surface area contributed by atoms with Crippen molar-refractivity contribution in [1.29, 1.82) is 0 Å². The molecule has 112 valence electrons. The van der Waals surface area contributed by atoms with E-state index in [1.807, 2.05) is 25.1 Å². The first-order chi connectivity index (χ1) is 10.1. The molecule has 2 rings (SSSR count). The molecule has 0 aliphatic heterocycles.